The summed E-state index contributed by atoms with van der Waals surface area (Å²) in [7, 11) is 0. The number of ketones is 1. The van der Waals surface area contributed by atoms with Crippen LogP contribution in [0.4, 0.5) is 0 Å². The van der Waals surface area contributed by atoms with Gasteiger partial charge in [-0.3, -0.25) is 4.79 Å². The van der Waals surface area contributed by atoms with Crippen LogP contribution in [0.25, 0.3) is 0 Å². The second-order valence-corrected chi connectivity index (χ2v) is 3.51. The Kier molecular flexibility index (Phi) is 2.44. The summed E-state index contributed by atoms with van der Waals surface area (Å²) in [6, 6.07) is 9.57. The van der Waals surface area contributed by atoms with Gasteiger partial charge in [-0.1, -0.05) is 43.2 Å². The highest BCUT2D eigenvalue weighted by atomic mass is 16.1. The third-order valence-corrected chi connectivity index (χ3v) is 2.56. The molecular weight excluding hydrogens is 160 g/mol. The van der Waals surface area contributed by atoms with Gasteiger partial charge in [0.2, 0.25) is 0 Å². The largest absolute Gasteiger partial charge is 0.294 e. The lowest BCUT2D eigenvalue weighted by Crippen LogP contribution is -2.08. The summed E-state index contributed by atoms with van der Waals surface area (Å²) in [4.78, 5) is 11.8. The number of carbonyl (C=O) groups excluding carboxylic acids is 1. The first kappa shape index (κ1) is 8.49. The van der Waals surface area contributed by atoms with Gasteiger partial charge in [0, 0.05) is 11.5 Å². The molecule has 1 fully saturated rings. The topological polar surface area (TPSA) is 17.1 Å². The average molecular weight is 173 g/mol. The van der Waals surface area contributed by atoms with E-state index in [0.717, 1.165) is 24.3 Å². The molecule has 2 rings (SSSR count). The second-order valence-electron chi connectivity index (χ2n) is 3.51. The van der Waals surface area contributed by atoms with Crippen LogP contribution in [0.5, 0.6) is 0 Å². The van der Waals surface area contributed by atoms with E-state index in [0.29, 0.717) is 0 Å². The molecule has 1 heteroatoms. The van der Waals surface area contributed by atoms with Crippen molar-refractivity contribution in [2.75, 3.05) is 0 Å². The summed E-state index contributed by atoms with van der Waals surface area (Å²) in [5, 5.41) is 0. The Labute approximate surface area is 78.8 Å². The quantitative estimate of drug-likeness (QED) is 0.628. The van der Waals surface area contributed by atoms with Gasteiger partial charge in [0.1, 0.15) is 0 Å². The van der Waals surface area contributed by atoms with Crippen molar-refractivity contribution in [3.63, 3.8) is 0 Å². The minimum absolute atomic E-state index is 0.262. The molecule has 0 amide bonds. The highest BCUT2D eigenvalue weighted by Gasteiger charge is 2.23. The van der Waals surface area contributed by atoms with E-state index in [9.17, 15) is 4.79 Å². The summed E-state index contributed by atoms with van der Waals surface area (Å²) in [6.45, 7) is 0. The fraction of sp³-hybridized carbons (Fsp3) is 0.333. The fourth-order valence-electron chi connectivity index (χ4n) is 1.82. The number of rotatable bonds is 2. The zero-order chi connectivity index (χ0) is 9.10. The zero-order valence-corrected chi connectivity index (χ0v) is 7.62. The van der Waals surface area contributed by atoms with Gasteiger partial charge in [0.25, 0.3) is 0 Å². The minimum atomic E-state index is 0.262. The molecule has 0 bridgehead atoms. The van der Waals surface area contributed by atoms with Crippen molar-refractivity contribution in [2.24, 2.45) is 0 Å². The maximum Gasteiger partial charge on any atom is 0.170 e. The van der Waals surface area contributed by atoms with E-state index in [2.05, 4.69) is 0 Å². The normalized spacial score (nSPS) is 17.5. The van der Waals surface area contributed by atoms with Crippen LogP contribution in [0.1, 0.15) is 36.0 Å². The summed E-state index contributed by atoms with van der Waals surface area (Å²) in [5.41, 5.74) is 0.847. The van der Waals surface area contributed by atoms with Gasteiger partial charge in [0.05, 0.1) is 0 Å². The van der Waals surface area contributed by atoms with Gasteiger partial charge in [0.15, 0.2) is 5.78 Å². The standard InChI is InChI=1S/C12H13O/c13-12(11-8-4-5-9-11)10-6-2-1-3-7-10/h1-3,6-7H,4-5,8-9H2. The molecule has 0 aliphatic heterocycles. The SMILES string of the molecule is O=C([C]1CCCC1)c1ccccc1. The molecule has 0 heterocycles. The van der Waals surface area contributed by atoms with Crippen molar-refractivity contribution < 1.29 is 4.79 Å². The van der Waals surface area contributed by atoms with E-state index in [4.69, 9.17) is 0 Å². The Morgan fingerprint density at radius 2 is 1.62 bits per heavy atom. The third-order valence-electron chi connectivity index (χ3n) is 2.56. The maximum atomic E-state index is 11.8. The van der Waals surface area contributed by atoms with Gasteiger partial charge in [-0.05, 0) is 12.8 Å². The van der Waals surface area contributed by atoms with Gasteiger partial charge < -0.3 is 0 Å². The molecule has 1 aromatic carbocycles. The predicted octanol–water partition coefficient (Wildman–Crippen LogP) is 3.02. The first-order chi connectivity index (χ1) is 6.38. The van der Waals surface area contributed by atoms with Crippen LogP contribution in [0, 0.1) is 5.92 Å². The molecule has 0 spiro atoms. The molecule has 0 saturated heterocycles. The summed E-state index contributed by atoms with van der Waals surface area (Å²) in [5.74, 6) is 1.38. The molecule has 0 atom stereocenters. The molecule has 0 aromatic heterocycles. The van der Waals surface area contributed by atoms with Crippen molar-refractivity contribution >= 4 is 5.78 Å². The summed E-state index contributed by atoms with van der Waals surface area (Å²) in [6.07, 6.45) is 4.39. The second kappa shape index (κ2) is 3.73. The molecule has 0 N–H and O–H groups in total. The first-order valence-corrected chi connectivity index (χ1v) is 4.82. The van der Waals surface area contributed by atoms with Crippen molar-refractivity contribution in [1.29, 1.82) is 0 Å². The molecule has 0 unspecified atom stereocenters. The average Bonchev–Trinajstić information content (AvgIpc) is 2.71. The monoisotopic (exact) mass is 173 g/mol. The van der Waals surface area contributed by atoms with E-state index >= 15 is 0 Å². The van der Waals surface area contributed by atoms with Gasteiger partial charge >= 0.3 is 0 Å². The number of hydrogen-bond donors (Lipinski definition) is 0. The molecule has 1 aromatic rings. The third kappa shape index (κ3) is 1.80. The molecular formula is C12H13O. The van der Waals surface area contributed by atoms with E-state index in [1.165, 1.54) is 12.8 Å². The van der Waals surface area contributed by atoms with Crippen LogP contribution in [0.2, 0.25) is 0 Å². The highest BCUT2D eigenvalue weighted by molar-refractivity contribution is 6.06. The maximum absolute atomic E-state index is 11.8. The summed E-state index contributed by atoms with van der Waals surface area (Å²) >= 11 is 0. The van der Waals surface area contributed by atoms with Gasteiger partial charge in [-0.25, -0.2) is 0 Å². The lowest BCUT2D eigenvalue weighted by atomic mass is 9.96. The molecule has 67 valence electrons. The lowest BCUT2D eigenvalue weighted by molar-refractivity contribution is 0.100. The molecule has 1 aliphatic carbocycles. The Balaban J connectivity index is 2.13. The Morgan fingerprint density at radius 3 is 2.23 bits per heavy atom. The first-order valence-electron chi connectivity index (χ1n) is 4.82. The van der Waals surface area contributed by atoms with Crippen molar-refractivity contribution in [3.05, 3.63) is 41.8 Å². The zero-order valence-electron chi connectivity index (χ0n) is 7.62. The van der Waals surface area contributed by atoms with Crippen LogP contribution >= 0.6 is 0 Å². The predicted molar refractivity (Wildman–Crippen MR) is 52.5 cm³/mol. The van der Waals surface area contributed by atoms with Crippen LogP contribution in [0.15, 0.2) is 30.3 Å². The lowest BCUT2D eigenvalue weighted by Gasteiger charge is -2.05. The fourth-order valence-corrected chi connectivity index (χ4v) is 1.82. The molecule has 13 heavy (non-hydrogen) atoms. The number of benzene rings is 1. The Bertz CT molecular complexity index is 283. The van der Waals surface area contributed by atoms with Gasteiger partial charge in [-0.15, -0.1) is 0 Å². The minimum Gasteiger partial charge on any atom is -0.294 e. The van der Waals surface area contributed by atoms with E-state index in [1.54, 1.807) is 0 Å². The van der Waals surface area contributed by atoms with Crippen LogP contribution in [-0.4, -0.2) is 5.78 Å². The smallest absolute Gasteiger partial charge is 0.170 e. The van der Waals surface area contributed by atoms with Crippen LogP contribution in [-0.2, 0) is 0 Å². The number of hydrogen-bond acceptors (Lipinski definition) is 1. The molecule has 1 radical (unpaired) electrons. The van der Waals surface area contributed by atoms with Crippen molar-refractivity contribution in [3.8, 4) is 0 Å². The Hall–Kier alpha value is -1.11. The van der Waals surface area contributed by atoms with E-state index < -0.39 is 0 Å². The van der Waals surface area contributed by atoms with Crippen LogP contribution < -0.4 is 0 Å². The van der Waals surface area contributed by atoms with E-state index in [-0.39, 0.29) is 5.78 Å². The molecule has 1 aliphatic rings. The van der Waals surface area contributed by atoms with Crippen LogP contribution in [0.3, 0.4) is 0 Å². The molecule has 1 saturated carbocycles. The van der Waals surface area contributed by atoms with Gasteiger partial charge in [-0.2, -0.15) is 0 Å². The highest BCUT2D eigenvalue weighted by Crippen LogP contribution is 2.29. The molecule has 1 nitrogen and oxygen atoms in total. The Morgan fingerprint density at radius 1 is 1.00 bits per heavy atom. The van der Waals surface area contributed by atoms with E-state index in [1.807, 2.05) is 30.3 Å². The van der Waals surface area contributed by atoms with Crippen molar-refractivity contribution in [1.82, 2.24) is 0 Å². The van der Waals surface area contributed by atoms with Crippen molar-refractivity contribution in [2.45, 2.75) is 25.7 Å². The number of Topliss-reactive ketones (excluding diaryl/α,β-unsaturated/α-hetero) is 1. The number of carbonyl (C=O) groups is 1. The summed E-state index contributed by atoms with van der Waals surface area (Å²) < 4.78 is 0.